The molecule has 2 aliphatic heterocycles. The topological polar surface area (TPSA) is 112 Å². The summed E-state index contributed by atoms with van der Waals surface area (Å²) < 4.78 is 19.0. The van der Waals surface area contributed by atoms with E-state index in [1.807, 2.05) is 52.1 Å². The van der Waals surface area contributed by atoms with Crippen LogP contribution in [0.15, 0.2) is 30.5 Å². The number of carbonyl (C=O) groups excluding carboxylic acids is 1. The molecule has 0 radical (unpaired) electrons. The molecule has 4 rings (SSSR count). The van der Waals surface area contributed by atoms with Crippen molar-refractivity contribution in [2.24, 2.45) is 0 Å². The van der Waals surface area contributed by atoms with Crippen LogP contribution in [0.5, 0.6) is 11.8 Å². The van der Waals surface area contributed by atoms with Crippen LogP contribution in [0.4, 0.5) is 11.5 Å². The summed E-state index contributed by atoms with van der Waals surface area (Å²) in [7, 11) is 2.02. The van der Waals surface area contributed by atoms with Gasteiger partial charge in [-0.3, -0.25) is 9.47 Å². The molecular weight excluding hydrogens is 454 g/mol. The lowest BCUT2D eigenvalue weighted by Crippen LogP contribution is -2.60. The zero-order valence-corrected chi connectivity index (χ0v) is 20.8. The van der Waals surface area contributed by atoms with Gasteiger partial charge in [-0.25, -0.2) is 4.79 Å². The van der Waals surface area contributed by atoms with Crippen molar-refractivity contribution in [3.63, 3.8) is 0 Å². The predicted molar refractivity (Wildman–Crippen MR) is 129 cm³/mol. The number of aryl methyl sites for hydroxylation is 1. The van der Waals surface area contributed by atoms with Crippen LogP contribution < -0.4 is 14.4 Å². The Balaban J connectivity index is 1.39. The van der Waals surface area contributed by atoms with Gasteiger partial charge < -0.3 is 29.2 Å². The molecule has 1 saturated heterocycles. The number of hydrogen-bond acceptors (Lipinski definition) is 9. The minimum atomic E-state index is -0.550. The minimum absolute atomic E-state index is 0.222. The average molecular weight is 488 g/mol. The molecule has 11 heteroatoms. The van der Waals surface area contributed by atoms with Crippen LogP contribution in [0, 0.1) is 10.1 Å². The van der Waals surface area contributed by atoms with Crippen LogP contribution in [0.1, 0.15) is 34.1 Å². The summed E-state index contributed by atoms with van der Waals surface area (Å²) in [6, 6.07) is 7.77. The molecule has 0 aliphatic carbocycles. The number of fused-ring (bicyclic) bond motifs is 1. The van der Waals surface area contributed by atoms with E-state index in [2.05, 4.69) is 21.7 Å². The third-order valence-corrected chi connectivity index (χ3v) is 6.21. The number of rotatable bonds is 6. The first-order valence-electron chi connectivity index (χ1n) is 11.8. The number of carbonyl (C=O) groups is 1. The van der Waals surface area contributed by atoms with Gasteiger partial charge in [0.05, 0.1) is 0 Å². The van der Waals surface area contributed by atoms with E-state index in [1.54, 1.807) is 4.57 Å². The van der Waals surface area contributed by atoms with Crippen molar-refractivity contribution in [2.75, 3.05) is 31.6 Å². The fourth-order valence-corrected chi connectivity index (χ4v) is 4.22. The van der Waals surface area contributed by atoms with Crippen LogP contribution in [-0.2, 0) is 16.1 Å². The van der Waals surface area contributed by atoms with Crippen molar-refractivity contribution in [3.8, 4) is 11.8 Å². The molecule has 0 bridgehead atoms. The highest BCUT2D eigenvalue weighted by molar-refractivity contribution is 5.81. The minimum Gasteiger partial charge on any atom is -0.490 e. The van der Waals surface area contributed by atoms with Crippen LogP contribution in [-0.4, -0.2) is 75.9 Å². The fourth-order valence-electron chi connectivity index (χ4n) is 4.22. The molecule has 3 unspecified atom stereocenters. The second kappa shape index (κ2) is 9.73. The van der Waals surface area contributed by atoms with E-state index in [9.17, 15) is 14.9 Å². The Morgan fingerprint density at radius 1 is 1.26 bits per heavy atom. The van der Waals surface area contributed by atoms with Gasteiger partial charge in [0.2, 0.25) is 0 Å². The van der Waals surface area contributed by atoms with E-state index in [4.69, 9.17) is 14.2 Å². The molecule has 1 aromatic heterocycles. The number of ether oxygens (including phenoxy) is 3. The predicted octanol–water partition coefficient (Wildman–Crippen LogP) is 2.87. The molecule has 2 aliphatic rings. The van der Waals surface area contributed by atoms with Gasteiger partial charge in [-0.05, 0) is 63.9 Å². The number of likely N-dealkylation sites (N-methyl/N-ethyl adjacent to an activating group) is 1. The zero-order chi connectivity index (χ0) is 25.3. The average Bonchev–Trinajstić information content (AvgIpc) is 3.22. The van der Waals surface area contributed by atoms with E-state index in [1.165, 1.54) is 6.20 Å². The van der Waals surface area contributed by atoms with E-state index in [0.29, 0.717) is 38.4 Å². The summed E-state index contributed by atoms with van der Waals surface area (Å²) >= 11 is 0. The first-order chi connectivity index (χ1) is 16.5. The number of esters is 1. The molecule has 1 aromatic carbocycles. The van der Waals surface area contributed by atoms with Gasteiger partial charge in [-0.2, -0.15) is 0 Å². The number of aromatic nitrogens is 2. The summed E-state index contributed by atoms with van der Waals surface area (Å²) in [6.07, 6.45) is 1.80. The van der Waals surface area contributed by atoms with Gasteiger partial charge in [0.25, 0.3) is 0 Å². The normalized spacial score (nSPS) is 22.8. The van der Waals surface area contributed by atoms with E-state index < -0.39 is 16.6 Å². The van der Waals surface area contributed by atoms with E-state index >= 15 is 0 Å². The zero-order valence-electron chi connectivity index (χ0n) is 20.8. The summed E-state index contributed by atoms with van der Waals surface area (Å²) in [6.45, 7) is 9.93. The summed E-state index contributed by atoms with van der Waals surface area (Å²) in [5.41, 5.74) is 0.377. The maximum Gasteiger partial charge on any atom is 0.414 e. The Morgan fingerprint density at radius 2 is 1.97 bits per heavy atom. The largest absolute Gasteiger partial charge is 0.490 e. The smallest absolute Gasteiger partial charge is 0.414 e. The lowest BCUT2D eigenvalue weighted by Gasteiger charge is -2.44. The molecule has 0 spiro atoms. The second-order valence-corrected chi connectivity index (χ2v) is 10.2. The van der Waals surface area contributed by atoms with Crippen molar-refractivity contribution in [2.45, 2.75) is 64.4 Å². The molecule has 1 fully saturated rings. The highest BCUT2D eigenvalue weighted by Crippen LogP contribution is 2.28. The molecule has 0 N–H and O–H groups in total. The molecular formula is C24H33N5O6. The maximum atomic E-state index is 12.9. The number of nitrogens with zero attached hydrogens (tertiary/aromatic N) is 5. The number of nitro groups is 1. The summed E-state index contributed by atoms with van der Waals surface area (Å²) in [5.74, 6) is 0.220. The fraction of sp³-hybridized carbons (Fsp3) is 0.583. The van der Waals surface area contributed by atoms with Gasteiger partial charge in [0, 0.05) is 42.8 Å². The molecule has 2 aromatic rings. The quantitative estimate of drug-likeness (QED) is 0.345. The van der Waals surface area contributed by atoms with Crippen molar-refractivity contribution < 1.29 is 23.9 Å². The molecule has 190 valence electrons. The Morgan fingerprint density at radius 3 is 2.63 bits per heavy atom. The van der Waals surface area contributed by atoms with E-state index in [0.717, 1.165) is 5.69 Å². The molecule has 3 heterocycles. The number of anilines is 1. The molecule has 11 nitrogen and oxygen atoms in total. The van der Waals surface area contributed by atoms with Crippen LogP contribution in [0.25, 0.3) is 0 Å². The Bertz CT molecular complexity index is 1060. The number of hydrogen-bond donors (Lipinski definition) is 0. The van der Waals surface area contributed by atoms with Gasteiger partial charge in [0.15, 0.2) is 0 Å². The van der Waals surface area contributed by atoms with Gasteiger partial charge in [-0.15, -0.1) is 0 Å². The van der Waals surface area contributed by atoms with Gasteiger partial charge in [-0.1, -0.05) is 0 Å². The molecule has 0 saturated carbocycles. The van der Waals surface area contributed by atoms with E-state index in [-0.39, 0.29) is 29.9 Å². The number of piperazine rings is 1. The molecule has 3 atom stereocenters. The van der Waals surface area contributed by atoms with Crippen molar-refractivity contribution in [1.82, 2.24) is 14.5 Å². The highest BCUT2D eigenvalue weighted by Gasteiger charge is 2.37. The SMILES string of the molecule is CC1CN(c2ccc(OCC3CCn4cc([N+](=O)[O-])nc4O3)cc2)C(C(=O)OC(C)(C)C)CN1C. The molecule has 0 amide bonds. The lowest BCUT2D eigenvalue weighted by atomic mass is 10.1. The Labute approximate surface area is 204 Å². The third kappa shape index (κ3) is 5.84. The number of imidazole rings is 1. The van der Waals surface area contributed by atoms with Crippen molar-refractivity contribution >= 4 is 17.5 Å². The Kier molecular flexibility index (Phi) is 6.88. The van der Waals surface area contributed by atoms with Crippen molar-refractivity contribution in [3.05, 3.63) is 40.6 Å². The van der Waals surface area contributed by atoms with Gasteiger partial charge >= 0.3 is 17.8 Å². The maximum absolute atomic E-state index is 12.9. The Hall–Kier alpha value is -3.34. The highest BCUT2D eigenvalue weighted by atomic mass is 16.6. The monoisotopic (exact) mass is 487 g/mol. The van der Waals surface area contributed by atoms with Crippen LogP contribution in [0.2, 0.25) is 0 Å². The van der Waals surface area contributed by atoms with Crippen LogP contribution in [0.3, 0.4) is 0 Å². The number of benzene rings is 1. The van der Waals surface area contributed by atoms with Gasteiger partial charge in [0.1, 0.15) is 36.3 Å². The standard InChI is InChI=1S/C24H33N5O6/c1-16-12-28(20(13-26(16)5)22(30)35-24(2,3)4)17-6-8-18(9-7-17)33-15-19-10-11-27-14-21(29(31)32)25-23(27)34-19/h6-9,14,16,19-20H,10-13,15H2,1-5H3. The summed E-state index contributed by atoms with van der Waals surface area (Å²) in [5, 5.41) is 10.9. The second-order valence-electron chi connectivity index (χ2n) is 10.2. The lowest BCUT2D eigenvalue weighted by molar-refractivity contribution is -0.389. The van der Waals surface area contributed by atoms with Crippen LogP contribution >= 0.6 is 0 Å². The first-order valence-corrected chi connectivity index (χ1v) is 11.8. The van der Waals surface area contributed by atoms with Crippen molar-refractivity contribution in [1.29, 1.82) is 0 Å². The third-order valence-electron chi connectivity index (χ3n) is 6.21. The molecule has 35 heavy (non-hydrogen) atoms. The first kappa shape index (κ1) is 24.8. The summed E-state index contributed by atoms with van der Waals surface area (Å²) in [4.78, 5) is 31.5.